The van der Waals surface area contributed by atoms with Crippen LogP contribution in [-0.2, 0) is 23.1 Å². The lowest BCUT2D eigenvalue weighted by molar-refractivity contribution is 0.101. The highest BCUT2D eigenvalue weighted by Crippen LogP contribution is 2.24. The quantitative estimate of drug-likeness (QED) is 0.570. The molecule has 0 saturated carbocycles. The summed E-state index contributed by atoms with van der Waals surface area (Å²) in [6, 6.07) is 12.4. The van der Waals surface area contributed by atoms with E-state index in [1.54, 1.807) is 31.2 Å². The number of fused-ring (bicyclic) bond motifs is 1. The number of rotatable bonds is 8. The van der Waals surface area contributed by atoms with Crippen LogP contribution in [0.25, 0.3) is 11.0 Å². The van der Waals surface area contributed by atoms with Crippen LogP contribution < -0.4 is 5.32 Å². The summed E-state index contributed by atoms with van der Waals surface area (Å²) < 4.78 is 28.2. The van der Waals surface area contributed by atoms with Crippen LogP contribution in [0.5, 0.6) is 0 Å². The average Bonchev–Trinajstić information content (AvgIpc) is 3.03. The fourth-order valence-corrected chi connectivity index (χ4v) is 4.18. The van der Waals surface area contributed by atoms with Crippen molar-refractivity contribution in [3.63, 3.8) is 0 Å². The predicted octanol–water partition coefficient (Wildman–Crippen LogP) is 3.51. The van der Waals surface area contributed by atoms with Crippen LogP contribution in [0.2, 0.25) is 0 Å². The lowest BCUT2D eigenvalue weighted by Crippen LogP contribution is -2.22. The standard InChI is InChI=1S/C21H26N4O3S/c1-5-12-25-20-11-10-16(29(27,28)24(3)4)13-19(20)23-21(25)14-22-18-9-7-6-8-17(18)15(2)26/h6-11,13,22H,5,12,14H2,1-4H3. The first-order chi connectivity index (χ1) is 13.8. The molecule has 0 aliphatic carbocycles. The second-order valence-electron chi connectivity index (χ2n) is 7.07. The number of benzene rings is 2. The van der Waals surface area contributed by atoms with Crippen molar-refractivity contribution in [2.24, 2.45) is 0 Å². The van der Waals surface area contributed by atoms with E-state index in [4.69, 9.17) is 0 Å². The first kappa shape index (κ1) is 21.0. The van der Waals surface area contributed by atoms with Crippen molar-refractivity contribution < 1.29 is 13.2 Å². The Kier molecular flexibility index (Phi) is 6.04. The van der Waals surface area contributed by atoms with Gasteiger partial charge in [-0.2, -0.15) is 0 Å². The van der Waals surface area contributed by atoms with Crippen LogP contribution in [0.1, 0.15) is 36.5 Å². The van der Waals surface area contributed by atoms with Crippen LogP contribution in [0.15, 0.2) is 47.4 Å². The Balaban J connectivity index is 1.99. The van der Waals surface area contributed by atoms with Crippen molar-refractivity contribution >= 4 is 32.5 Å². The molecule has 0 aliphatic rings. The SMILES string of the molecule is CCCn1c(CNc2ccccc2C(C)=O)nc2cc(S(=O)(=O)N(C)C)ccc21. The van der Waals surface area contributed by atoms with Gasteiger partial charge in [-0.3, -0.25) is 4.79 Å². The zero-order valence-corrected chi connectivity index (χ0v) is 18.0. The number of sulfonamides is 1. The minimum atomic E-state index is -3.52. The summed E-state index contributed by atoms with van der Waals surface area (Å²) in [5.41, 5.74) is 2.91. The maximum Gasteiger partial charge on any atom is 0.242 e. The zero-order chi connectivity index (χ0) is 21.2. The predicted molar refractivity (Wildman–Crippen MR) is 115 cm³/mol. The molecule has 1 heterocycles. The monoisotopic (exact) mass is 414 g/mol. The molecule has 1 N–H and O–H groups in total. The summed E-state index contributed by atoms with van der Waals surface area (Å²) in [5, 5.41) is 3.30. The minimum absolute atomic E-state index is 0.00584. The van der Waals surface area contributed by atoms with Crippen molar-refractivity contribution in [3.05, 3.63) is 53.9 Å². The molecule has 0 amide bonds. The summed E-state index contributed by atoms with van der Waals surface area (Å²) >= 11 is 0. The number of imidazole rings is 1. The molecule has 3 rings (SSSR count). The molecule has 154 valence electrons. The van der Waals surface area contributed by atoms with E-state index in [0.717, 1.165) is 30.0 Å². The van der Waals surface area contributed by atoms with Gasteiger partial charge in [0.15, 0.2) is 5.78 Å². The van der Waals surface area contributed by atoms with Gasteiger partial charge in [0.05, 0.1) is 22.5 Å². The van der Waals surface area contributed by atoms with Gasteiger partial charge in [-0.1, -0.05) is 19.1 Å². The molecule has 8 heteroatoms. The van der Waals surface area contributed by atoms with Crippen molar-refractivity contribution in [2.75, 3.05) is 19.4 Å². The molecule has 0 bridgehead atoms. The van der Waals surface area contributed by atoms with Gasteiger partial charge in [-0.15, -0.1) is 0 Å². The van der Waals surface area contributed by atoms with Crippen LogP contribution in [0.3, 0.4) is 0 Å². The summed E-state index contributed by atoms with van der Waals surface area (Å²) in [5.74, 6) is 0.785. The normalized spacial score (nSPS) is 11.9. The summed E-state index contributed by atoms with van der Waals surface area (Å²) in [4.78, 5) is 16.8. The molecule has 0 aliphatic heterocycles. The van der Waals surface area contributed by atoms with Gasteiger partial charge in [0.1, 0.15) is 5.82 Å². The Labute approximate surface area is 171 Å². The van der Waals surface area contributed by atoms with E-state index >= 15 is 0 Å². The number of hydrogen-bond acceptors (Lipinski definition) is 5. The fourth-order valence-electron chi connectivity index (χ4n) is 3.26. The van der Waals surface area contributed by atoms with Crippen molar-refractivity contribution in [3.8, 4) is 0 Å². The average molecular weight is 415 g/mol. The van der Waals surface area contributed by atoms with Crippen LogP contribution >= 0.6 is 0 Å². The highest BCUT2D eigenvalue weighted by atomic mass is 32.2. The van der Waals surface area contributed by atoms with E-state index in [0.29, 0.717) is 17.6 Å². The second-order valence-corrected chi connectivity index (χ2v) is 9.22. The molecular formula is C21H26N4O3S. The van der Waals surface area contributed by atoms with E-state index in [1.165, 1.54) is 18.4 Å². The van der Waals surface area contributed by atoms with Crippen LogP contribution in [0, 0.1) is 0 Å². The van der Waals surface area contributed by atoms with E-state index in [9.17, 15) is 13.2 Å². The first-order valence-corrected chi connectivity index (χ1v) is 10.9. The van der Waals surface area contributed by atoms with Gasteiger partial charge < -0.3 is 9.88 Å². The van der Waals surface area contributed by atoms with Gasteiger partial charge >= 0.3 is 0 Å². The van der Waals surface area contributed by atoms with Gasteiger partial charge in [0.2, 0.25) is 10.0 Å². The molecule has 0 radical (unpaired) electrons. The minimum Gasteiger partial charge on any atom is -0.377 e. The largest absolute Gasteiger partial charge is 0.377 e. The smallest absolute Gasteiger partial charge is 0.242 e. The third kappa shape index (κ3) is 4.18. The number of anilines is 1. The van der Waals surface area contributed by atoms with E-state index in [-0.39, 0.29) is 10.7 Å². The number of nitrogens with one attached hydrogen (secondary N) is 1. The third-order valence-corrected chi connectivity index (χ3v) is 6.58. The van der Waals surface area contributed by atoms with Crippen molar-refractivity contribution in [1.82, 2.24) is 13.9 Å². The number of ketones is 1. The molecule has 0 fully saturated rings. The molecule has 0 saturated heterocycles. The molecule has 29 heavy (non-hydrogen) atoms. The number of aromatic nitrogens is 2. The number of carbonyl (C=O) groups is 1. The van der Waals surface area contributed by atoms with E-state index in [1.807, 2.05) is 18.2 Å². The Morgan fingerprint density at radius 2 is 1.90 bits per heavy atom. The van der Waals surface area contributed by atoms with Crippen molar-refractivity contribution in [1.29, 1.82) is 0 Å². The van der Waals surface area contributed by atoms with E-state index < -0.39 is 10.0 Å². The van der Waals surface area contributed by atoms with Gasteiger partial charge in [-0.25, -0.2) is 17.7 Å². The zero-order valence-electron chi connectivity index (χ0n) is 17.1. The van der Waals surface area contributed by atoms with Gasteiger partial charge in [-0.05, 0) is 43.7 Å². The first-order valence-electron chi connectivity index (χ1n) is 9.51. The van der Waals surface area contributed by atoms with Crippen molar-refractivity contribution in [2.45, 2.75) is 38.3 Å². The molecular weight excluding hydrogens is 388 g/mol. The number of aryl methyl sites for hydroxylation is 1. The number of nitrogens with zero attached hydrogens (tertiary/aromatic N) is 3. The summed E-state index contributed by atoms with van der Waals surface area (Å²) in [6.45, 7) is 4.81. The maximum atomic E-state index is 12.5. The molecule has 7 nitrogen and oxygen atoms in total. The third-order valence-electron chi connectivity index (χ3n) is 4.77. The Bertz CT molecular complexity index is 1150. The highest BCUT2D eigenvalue weighted by Gasteiger charge is 2.19. The number of hydrogen-bond donors (Lipinski definition) is 1. The molecule has 3 aromatic rings. The van der Waals surface area contributed by atoms with Gasteiger partial charge in [0, 0.05) is 31.9 Å². The summed E-state index contributed by atoms with van der Waals surface area (Å²) in [6.07, 6.45) is 0.917. The Morgan fingerprint density at radius 3 is 2.55 bits per heavy atom. The second kappa shape index (κ2) is 8.34. The molecule has 0 atom stereocenters. The lowest BCUT2D eigenvalue weighted by atomic mass is 10.1. The lowest BCUT2D eigenvalue weighted by Gasteiger charge is -2.12. The topological polar surface area (TPSA) is 84.3 Å². The van der Waals surface area contributed by atoms with Crippen LogP contribution in [0.4, 0.5) is 5.69 Å². The molecule has 2 aromatic carbocycles. The molecule has 1 aromatic heterocycles. The number of carbonyl (C=O) groups excluding carboxylic acids is 1. The Morgan fingerprint density at radius 1 is 1.17 bits per heavy atom. The number of Topliss-reactive ketones (excluding diaryl/α,β-unsaturated/α-hetero) is 1. The summed E-state index contributed by atoms with van der Waals surface area (Å²) in [7, 11) is -0.502. The number of para-hydroxylation sites is 1. The van der Waals surface area contributed by atoms with Gasteiger partial charge in [0.25, 0.3) is 0 Å². The molecule has 0 unspecified atom stereocenters. The highest BCUT2D eigenvalue weighted by molar-refractivity contribution is 7.89. The maximum absolute atomic E-state index is 12.5. The fraction of sp³-hybridized carbons (Fsp3) is 0.333. The van der Waals surface area contributed by atoms with Crippen LogP contribution in [-0.4, -0.2) is 42.2 Å². The Hall–Kier alpha value is -2.71. The molecule has 0 spiro atoms. The van der Waals surface area contributed by atoms with E-state index in [2.05, 4.69) is 21.8 Å².